The first-order valence-corrected chi connectivity index (χ1v) is 13.2. The highest BCUT2D eigenvalue weighted by molar-refractivity contribution is 7.09. The van der Waals surface area contributed by atoms with Crippen molar-refractivity contribution in [3.05, 3.63) is 33.8 Å². The number of nitrogens with zero attached hydrogens (tertiary/aromatic N) is 2. The summed E-state index contributed by atoms with van der Waals surface area (Å²) in [6.07, 6.45) is 7.43. The largest absolute Gasteiger partial charge is 0.392 e. The van der Waals surface area contributed by atoms with Gasteiger partial charge in [-0.05, 0) is 57.1 Å². The molecule has 1 amide bonds. The number of aliphatic hydroxyl groups is 2. The van der Waals surface area contributed by atoms with E-state index in [4.69, 9.17) is 0 Å². The second-order valence-corrected chi connectivity index (χ2v) is 11.5. The van der Waals surface area contributed by atoms with Gasteiger partial charge in [0.25, 0.3) is 0 Å². The number of likely N-dealkylation sites (N-methyl/N-ethyl adjacent to an activating group) is 1. The Kier molecular flexibility index (Phi) is 10.2. The molecule has 2 rings (SSSR count). The van der Waals surface area contributed by atoms with Gasteiger partial charge in [0.1, 0.15) is 5.78 Å². The highest BCUT2D eigenvalue weighted by atomic mass is 32.1. The Hall–Kier alpha value is -1.83. The maximum absolute atomic E-state index is 13.2. The van der Waals surface area contributed by atoms with E-state index >= 15 is 0 Å². The van der Waals surface area contributed by atoms with Gasteiger partial charge >= 0.3 is 0 Å². The number of amides is 1. The fourth-order valence-corrected chi connectivity index (χ4v) is 5.20. The van der Waals surface area contributed by atoms with E-state index in [1.807, 2.05) is 32.2 Å². The summed E-state index contributed by atoms with van der Waals surface area (Å²) < 4.78 is 0. The molecule has 0 aromatic carbocycles. The molecule has 0 saturated carbocycles. The molecule has 0 spiro atoms. The minimum atomic E-state index is -1.15. The van der Waals surface area contributed by atoms with Gasteiger partial charge in [-0.2, -0.15) is 0 Å². The van der Waals surface area contributed by atoms with E-state index in [2.05, 4.69) is 17.1 Å². The number of hydrogen-bond donors (Lipinski definition) is 2. The lowest BCUT2D eigenvalue weighted by atomic mass is 9.73. The molecular weight excluding hydrogens is 448 g/mol. The number of ketones is 1. The molecule has 0 saturated heterocycles. The minimum Gasteiger partial charge on any atom is -0.392 e. The van der Waals surface area contributed by atoms with Crippen molar-refractivity contribution in [3.8, 4) is 0 Å². The predicted molar refractivity (Wildman–Crippen MR) is 138 cm³/mol. The van der Waals surface area contributed by atoms with Gasteiger partial charge in [0.15, 0.2) is 0 Å². The topological polar surface area (TPSA) is 90.7 Å². The molecule has 2 N–H and O–H groups in total. The Labute approximate surface area is 208 Å². The molecule has 1 aromatic rings. The molecule has 2 heterocycles. The summed E-state index contributed by atoms with van der Waals surface area (Å²) in [4.78, 5) is 32.6. The zero-order valence-electron chi connectivity index (χ0n) is 21.7. The van der Waals surface area contributed by atoms with Crippen molar-refractivity contribution >= 4 is 29.1 Å². The molecule has 1 aliphatic heterocycles. The Balaban J connectivity index is 2.35. The first-order chi connectivity index (χ1) is 15.9. The molecule has 0 radical (unpaired) electrons. The van der Waals surface area contributed by atoms with Crippen molar-refractivity contribution in [2.75, 3.05) is 7.05 Å². The molecule has 1 unspecified atom stereocenters. The van der Waals surface area contributed by atoms with Gasteiger partial charge in [0.2, 0.25) is 5.91 Å². The number of rotatable bonds is 2. The lowest BCUT2D eigenvalue weighted by Gasteiger charge is -2.36. The fraction of sp³-hybridized carbons (Fsp3) is 0.667. The number of allylic oxidation sites excluding steroid dienone is 1. The molecule has 1 aromatic heterocycles. The van der Waals surface area contributed by atoms with Crippen molar-refractivity contribution in [3.63, 3.8) is 0 Å². The van der Waals surface area contributed by atoms with Gasteiger partial charge < -0.3 is 15.1 Å². The van der Waals surface area contributed by atoms with Crippen LogP contribution < -0.4 is 0 Å². The van der Waals surface area contributed by atoms with E-state index in [1.54, 1.807) is 44.1 Å². The quantitative estimate of drug-likeness (QED) is 0.582. The molecule has 5 atom stereocenters. The second kappa shape index (κ2) is 12.2. The second-order valence-electron chi connectivity index (χ2n) is 10.4. The van der Waals surface area contributed by atoms with Gasteiger partial charge in [-0.25, -0.2) is 4.98 Å². The monoisotopic (exact) mass is 490 g/mol. The molecule has 7 heteroatoms. The average Bonchev–Trinajstić information content (AvgIpc) is 3.19. The highest BCUT2D eigenvalue weighted by Crippen LogP contribution is 2.32. The van der Waals surface area contributed by atoms with Gasteiger partial charge in [-0.1, -0.05) is 39.8 Å². The standard InChI is InChI=1S/C27H42N2O4S/c1-17-12-10-8-9-11-13-22(18(2)14-21-16-34-20(4)28-21)29(7)24(31)15-23(30)27(5,6)26(33)19(3)25(17)32/h9,11,14,16-17,19,22-23,25,30,32H,8,10,12-13,15H2,1-7H3/t17-,19+,22?,23+,25-/m1/s1. The Morgan fingerprint density at radius 2 is 1.91 bits per heavy atom. The van der Waals surface area contributed by atoms with Crippen LogP contribution in [0.4, 0.5) is 0 Å². The lowest BCUT2D eigenvalue weighted by molar-refractivity contribution is -0.145. The van der Waals surface area contributed by atoms with Crippen LogP contribution in [0.3, 0.4) is 0 Å². The van der Waals surface area contributed by atoms with Crippen LogP contribution in [-0.2, 0) is 9.59 Å². The Morgan fingerprint density at radius 3 is 2.53 bits per heavy atom. The van der Waals surface area contributed by atoms with E-state index in [-0.39, 0.29) is 30.1 Å². The molecular formula is C27H42N2O4S. The Bertz CT molecular complexity index is 904. The molecule has 190 valence electrons. The van der Waals surface area contributed by atoms with Crippen molar-refractivity contribution in [1.29, 1.82) is 0 Å². The van der Waals surface area contributed by atoms with Crippen molar-refractivity contribution < 1.29 is 19.8 Å². The van der Waals surface area contributed by atoms with Gasteiger partial charge in [-0.15, -0.1) is 11.3 Å². The van der Waals surface area contributed by atoms with Crippen LogP contribution in [0.2, 0.25) is 0 Å². The van der Waals surface area contributed by atoms with Gasteiger partial charge in [-0.3, -0.25) is 9.59 Å². The molecule has 0 fully saturated rings. The summed E-state index contributed by atoms with van der Waals surface area (Å²) in [6, 6.07) is -0.177. The third-order valence-corrected chi connectivity index (χ3v) is 8.09. The van der Waals surface area contributed by atoms with Crippen molar-refractivity contribution in [1.82, 2.24) is 9.88 Å². The van der Waals surface area contributed by atoms with Crippen LogP contribution in [0, 0.1) is 24.2 Å². The first-order valence-electron chi connectivity index (χ1n) is 12.3. The van der Waals surface area contributed by atoms with Crippen LogP contribution in [0.5, 0.6) is 0 Å². The number of thiazole rings is 1. The van der Waals surface area contributed by atoms with Crippen LogP contribution in [0.25, 0.3) is 6.08 Å². The number of carbonyl (C=O) groups is 2. The van der Waals surface area contributed by atoms with E-state index in [9.17, 15) is 19.8 Å². The van der Waals surface area contributed by atoms with Crippen molar-refractivity contribution in [2.45, 2.75) is 91.9 Å². The Morgan fingerprint density at radius 1 is 1.24 bits per heavy atom. The summed E-state index contributed by atoms with van der Waals surface area (Å²) in [5, 5.41) is 24.7. The zero-order valence-corrected chi connectivity index (χ0v) is 22.6. The number of carbonyl (C=O) groups excluding carboxylic acids is 2. The predicted octanol–water partition coefficient (Wildman–Crippen LogP) is 4.79. The van der Waals surface area contributed by atoms with Crippen LogP contribution in [-0.4, -0.2) is 57.1 Å². The van der Waals surface area contributed by atoms with Gasteiger partial charge in [0.05, 0.1) is 40.8 Å². The smallest absolute Gasteiger partial charge is 0.225 e. The normalized spacial score (nSPS) is 30.6. The first kappa shape index (κ1) is 28.4. The van der Waals surface area contributed by atoms with Crippen LogP contribution in [0.15, 0.2) is 23.1 Å². The van der Waals surface area contributed by atoms with E-state index < -0.39 is 23.5 Å². The summed E-state index contributed by atoms with van der Waals surface area (Å²) in [5.74, 6) is -1.08. The summed E-state index contributed by atoms with van der Waals surface area (Å²) in [6.45, 7) is 11.0. The third-order valence-electron chi connectivity index (χ3n) is 7.30. The van der Waals surface area contributed by atoms with E-state index in [0.717, 1.165) is 35.5 Å². The number of aliphatic hydroxyl groups excluding tert-OH is 2. The van der Waals surface area contributed by atoms with Gasteiger partial charge in [0, 0.05) is 18.3 Å². The fourth-order valence-electron chi connectivity index (χ4n) is 4.63. The van der Waals surface area contributed by atoms with Crippen LogP contribution in [0.1, 0.15) is 77.4 Å². The molecule has 0 aliphatic carbocycles. The number of aryl methyl sites for hydroxylation is 1. The highest BCUT2D eigenvalue weighted by Gasteiger charge is 2.42. The molecule has 1 aliphatic rings. The van der Waals surface area contributed by atoms with Crippen molar-refractivity contribution in [2.24, 2.45) is 17.3 Å². The van der Waals surface area contributed by atoms with E-state index in [1.165, 1.54) is 0 Å². The minimum absolute atomic E-state index is 0.0274. The molecule has 6 nitrogen and oxygen atoms in total. The summed E-state index contributed by atoms with van der Waals surface area (Å²) in [5.41, 5.74) is 0.749. The van der Waals surface area contributed by atoms with Crippen LogP contribution >= 0.6 is 11.3 Å². The zero-order chi connectivity index (χ0) is 25.6. The maximum atomic E-state index is 13.2. The molecule has 0 bridgehead atoms. The third kappa shape index (κ3) is 7.09. The summed E-state index contributed by atoms with van der Waals surface area (Å²) in [7, 11) is 1.75. The molecule has 34 heavy (non-hydrogen) atoms. The van der Waals surface area contributed by atoms with E-state index in [0.29, 0.717) is 6.42 Å². The lowest BCUT2D eigenvalue weighted by Crippen LogP contribution is -2.47. The SMILES string of the molecule is CC(=Cc1csc(C)n1)C1CC=CCCC[C@@H](C)[C@@H](O)[C@H](C)C(=O)C(C)(C)[C@@H](O)CC(=O)N1C. The summed E-state index contributed by atoms with van der Waals surface area (Å²) >= 11 is 1.59. The number of aromatic nitrogens is 1. The maximum Gasteiger partial charge on any atom is 0.225 e. The number of Topliss-reactive ketones (excluding diaryl/α,β-unsaturated/α-hetero) is 1. The number of hydrogen-bond acceptors (Lipinski definition) is 6. The average molecular weight is 491 g/mol.